The van der Waals surface area contributed by atoms with Crippen molar-refractivity contribution in [2.75, 3.05) is 11.4 Å². The van der Waals surface area contributed by atoms with Crippen LogP contribution in [0.3, 0.4) is 0 Å². The van der Waals surface area contributed by atoms with E-state index in [2.05, 4.69) is 6.92 Å². The summed E-state index contributed by atoms with van der Waals surface area (Å²) in [4.78, 5) is 0. The highest BCUT2D eigenvalue weighted by Gasteiger charge is 2.25. The van der Waals surface area contributed by atoms with Gasteiger partial charge in [-0.2, -0.15) is 0 Å². The van der Waals surface area contributed by atoms with E-state index in [0.717, 1.165) is 24.9 Å². The summed E-state index contributed by atoms with van der Waals surface area (Å²) in [6.07, 6.45) is 5.19. The van der Waals surface area contributed by atoms with Gasteiger partial charge in [0, 0.05) is 7.05 Å². The number of sulfonamides is 1. The molecule has 3 nitrogen and oxygen atoms in total. The molecule has 108 valence electrons. The van der Waals surface area contributed by atoms with Crippen molar-refractivity contribution in [1.82, 2.24) is 0 Å². The van der Waals surface area contributed by atoms with Crippen LogP contribution >= 0.6 is 0 Å². The number of rotatable bonds is 8. The molecule has 0 saturated carbocycles. The first-order valence-corrected chi connectivity index (χ1v) is 8.53. The van der Waals surface area contributed by atoms with E-state index >= 15 is 0 Å². The van der Waals surface area contributed by atoms with Crippen LogP contribution in [0.2, 0.25) is 0 Å². The van der Waals surface area contributed by atoms with Gasteiger partial charge in [0.15, 0.2) is 0 Å². The molecule has 1 aromatic carbocycles. The highest BCUT2D eigenvalue weighted by atomic mass is 32.2. The summed E-state index contributed by atoms with van der Waals surface area (Å²) in [5.41, 5.74) is 0.725. The van der Waals surface area contributed by atoms with Gasteiger partial charge in [-0.15, -0.1) is 0 Å². The first kappa shape index (κ1) is 16.0. The third-order valence-corrected chi connectivity index (χ3v) is 5.70. The largest absolute Gasteiger partial charge is 0.273 e. The van der Waals surface area contributed by atoms with Crippen LogP contribution in [0.5, 0.6) is 0 Å². The van der Waals surface area contributed by atoms with Crippen molar-refractivity contribution in [3.8, 4) is 0 Å². The Balaban J connectivity index is 2.64. The lowest BCUT2D eigenvalue weighted by atomic mass is 10.1. The zero-order valence-electron chi connectivity index (χ0n) is 12.2. The number of para-hydroxylation sites is 1. The van der Waals surface area contributed by atoms with E-state index in [0.29, 0.717) is 0 Å². The minimum Gasteiger partial charge on any atom is -0.273 e. The van der Waals surface area contributed by atoms with Gasteiger partial charge in [-0.1, -0.05) is 50.8 Å². The SMILES string of the molecule is CCCCCCC(C)S(=O)(=O)N(C)c1ccccc1. The van der Waals surface area contributed by atoms with Crippen molar-refractivity contribution in [2.45, 2.75) is 51.2 Å². The summed E-state index contributed by atoms with van der Waals surface area (Å²) in [5, 5.41) is -0.324. The lowest BCUT2D eigenvalue weighted by Gasteiger charge is -2.23. The van der Waals surface area contributed by atoms with Gasteiger partial charge in [0.2, 0.25) is 10.0 Å². The standard InChI is InChI=1S/C15H25NO2S/c1-4-5-6-8-11-14(2)19(17,18)16(3)15-12-9-7-10-13-15/h7,9-10,12-14H,4-6,8,11H2,1-3H3. The molecule has 19 heavy (non-hydrogen) atoms. The van der Waals surface area contributed by atoms with Crippen LogP contribution in [0.4, 0.5) is 5.69 Å². The zero-order chi connectivity index (χ0) is 14.3. The van der Waals surface area contributed by atoms with Crippen LogP contribution in [-0.2, 0) is 10.0 Å². The van der Waals surface area contributed by atoms with Gasteiger partial charge in [-0.25, -0.2) is 8.42 Å². The Hall–Kier alpha value is -1.03. The van der Waals surface area contributed by atoms with E-state index in [1.54, 1.807) is 14.0 Å². The molecule has 0 fully saturated rings. The number of hydrogen-bond donors (Lipinski definition) is 0. The zero-order valence-corrected chi connectivity index (χ0v) is 13.0. The average molecular weight is 283 g/mol. The number of hydrogen-bond acceptors (Lipinski definition) is 2. The summed E-state index contributed by atoms with van der Waals surface area (Å²) in [6, 6.07) is 9.24. The van der Waals surface area contributed by atoms with E-state index < -0.39 is 10.0 Å². The fourth-order valence-corrected chi connectivity index (χ4v) is 3.48. The van der Waals surface area contributed by atoms with Crippen LogP contribution in [0, 0.1) is 0 Å². The maximum Gasteiger partial charge on any atom is 0.237 e. The Labute approximate surface area is 117 Å². The Morgan fingerprint density at radius 3 is 2.32 bits per heavy atom. The smallest absolute Gasteiger partial charge is 0.237 e. The van der Waals surface area contributed by atoms with Gasteiger partial charge in [-0.3, -0.25) is 4.31 Å². The molecule has 1 rings (SSSR count). The molecule has 0 spiro atoms. The molecular weight excluding hydrogens is 258 g/mol. The molecule has 0 amide bonds. The number of nitrogens with zero attached hydrogens (tertiary/aromatic N) is 1. The van der Waals surface area contributed by atoms with Gasteiger partial charge >= 0.3 is 0 Å². The van der Waals surface area contributed by atoms with Crippen LogP contribution in [-0.4, -0.2) is 20.7 Å². The molecule has 0 aliphatic heterocycles. The molecule has 1 unspecified atom stereocenters. The summed E-state index contributed by atoms with van der Waals surface area (Å²) < 4.78 is 26.2. The van der Waals surface area contributed by atoms with Crippen molar-refractivity contribution in [3.05, 3.63) is 30.3 Å². The molecule has 0 aliphatic carbocycles. The lowest BCUT2D eigenvalue weighted by Crippen LogP contribution is -2.34. The first-order valence-electron chi connectivity index (χ1n) is 7.03. The molecule has 0 radical (unpaired) electrons. The Morgan fingerprint density at radius 1 is 1.11 bits per heavy atom. The third-order valence-electron chi connectivity index (χ3n) is 3.47. The second-order valence-electron chi connectivity index (χ2n) is 5.01. The normalized spacial score (nSPS) is 13.2. The van der Waals surface area contributed by atoms with Crippen molar-refractivity contribution in [1.29, 1.82) is 0 Å². The van der Waals surface area contributed by atoms with E-state index in [1.165, 1.54) is 17.1 Å². The highest BCUT2D eigenvalue weighted by molar-refractivity contribution is 7.93. The predicted molar refractivity (Wildman–Crippen MR) is 82.0 cm³/mol. The molecule has 1 aromatic rings. The third kappa shape index (κ3) is 4.53. The molecule has 0 bridgehead atoms. The second kappa shape index (κ2) is 7.53. The quantitative estimate of drug-likeness (QED) is 0.680. The van der Waals surface area contributed by atoms with Gasteiger partial charge < -0.3 is 0 Å². The average Bonchev–Trinajstić information content (AvgIpc) is 2.43. The minimum absolute atomic E-state index is 0.324. The van der Waals surface area contributed by atoms with Gasteiger partial charge in [0.05, 0.1) is 10.9 Å². The monoisotopic (exact) mass is 283 g/mol. The van der Waals surface area contributed by atoms with Crippen LogP contribution in [0.1, 0.15) is 46.0 Å². The molecule has 0 heterocycles. The minimum atomic E-state index is -3.25. The molecular formula is C15H25NO2S. The fraction of sp³-hybridized carbons (Fsp3) is 0.600. The van der Waals surface area contributed by atoms with Crippen molar-refractivity contribution in [2.24, 2.45) is 0 Å². The summed E-state index contributed by atoms with van der Waals surface area (Å²) in [7, 11) is -1.61. The number of benzene rings is 1. The van der Waals surface area contributed by atoms with E-state index in [-0.39, 0.29) is 5.25 Å². The first-order chi connectivity index (χ1) is 9.00. The predicted octanol–water partition coefficient (Wildman–Crippen LogP) is 3.81. The molecule has 0 aliphatic rings. The van der Waals surface area contributed by atoms with Gasteiger partial charge in [0.25, 0.3) is 0 Å². The molecule has 4 heteroatoms. The van der Waals surface area contributed by atoms with Crippen LogP contribution in [0.25, 0.3) is 0 Å². The van der Waals surface area contributed by atoms with E-state index in [1.807, 2.05) is 30.3 Å². The maximum absolute atomic E-state index is 12.4. The Bertz CT molecular complexity index is 456. The highest BCUT2D eigenvalue weighted by Crippen LogP contribution is 2.21. The fourth-order valence-electron chi connectivity index (χ4n) is 2.06. The number of unbranched alkanes of at least 4 members (excludes halogenated alkanes) is 3. The number of anilines is 1. The van der Waals surface area contributed by atoms with Gasteiger partial charge in [-0.05, 0) is 25.5 Å². The van der Waals surface area contributed by atoms with Crippen LogP contribution in [0.15, 0.2) is 30.3 Å². The summed E-state index contributed by atoms with van der Waals surface area (Å²) in [5.74, 6) is 0. The summed E-state index contributed by atoms with van der Waals surface area (Å²) in [6.45, 7) is 3.96. The molecule has 0 saturated heterocycles. The van der Waals surface area contributed by atoms with E-state index in [9.17, 15) is 8.42 Å². The Morgan fingerprint density at radius 2 is 1.74 bits per heavy atom. The van der Waals surface area contributed by atoms with E-state index in [4.69, 9.17) is 0 Å². The second-order valence-corrected chi connectivity index (χ2v) is 7.39. The molecule has 1 atom stereocenters. The topological polar surface area (TPSA) is 37.4 Å². The molecule has 0 N–H and O–H groups in total. The Kier molecular flexibility index (Phi) is 6.35. The maximum atomic E-state index is 12.4. The van der Waals surface area contributed by atoms with Crippen molar-refractivity contribution < 1.29 is 8.42 Å². The van der Waals surface area contributed by atoms with Gasteiger partial charge in [0.1, 0.15) is 0 Å². The lowest BCUT2D eigenvalue weighted by molar-refractivity contribution is 0.561. The van der Waals surface area contributed by atoms with Crippen LogP contribution < -0.4 is 4.31 Å². The summed E-state index contributed by atoms with van der Waals surface area (Å²) >= 11 is 0. The molecule has 0 aromatic heterocycles. The van der Waals surface area contributed by atoms with Crippen molar-refractivity contribution in [3.63, 3.8) is 0 Å². The van der Waals surface area contributed by atoms with Crippen molar-refractivity contribution >= 4 is 15.7 Å².